The van der Waals surface area contributed by atoms with Gasteiger partial charge in [0.2, 0.25) is 5.88 Å². The molecule has 11 heteroatoms. The summed E-state index contributed by atoms with van der Waals surface area (Å²) in [5.41, 5.74) is 1.27. The summed E-state index contributed by atoms with van der Waals surface area (Å²) in [7, 11) is 1.86. The molecule has 8 nitrogen and oxygen atoms in total. The Balaban J connectivity index is 1.10. The lowest BCUT2D eigenvalue weighted by Crippen LogP contribution is -2.33. The number of hydrogen-bond donors (Lipinski definition) is 1. The molecule has 0 spiro atoms. The highest BCUT2D eigenvalue weighted by atomic mass is 35.5. The number of halogens is 3. The van der Waals surface area contributed by atoms with Crippen LogP contribution in [-0.2, 0) is 20.2 Å². The van der Waals surface area contributed by atoms with E-state index in [0.717, 1.165) is 37.4 Å². The Kier molecular flexibility index (Phi) is 7.76. The van der Waals surface area contributed by atoms with Gasteiger partial charge >= 0.3 is 5.97 Å². The Hall–Kier alpha value is -3.76. The van der Waals surface area contributed by atoms with Crippen molar-refractivity contribution in [3.63, 3.8) is 0 Å². The molecule has 42 heavy (non-hydrogen) atoms. The molecule has 2 aromatic carbocycles. The molecule has 2 fully saturated rings. The number of aryl methyl sites for hydroxylation is 1. The van der Waals surface area contributed by atoms with Crippen molar-refractivity contribution in [2.75, 3.05) is 19.7 Å². The van der Waals surface area contributed by atoms with Crippen molar-refractivity contribution in [1.82, 2.24) is 19.4 Å². The van der Waals surface area contributed by atoms with Gasteiger partial charge in [-0.3, -0.25) is 4.90 Å². The van der Waals surface area contributed by atoms with E-state index in [9.17, 15) is 18.7 Å². The van der Waals surface area contributed by atoms with Gasteiger partial charge in [0, 0.05) is 35.3 Å². The van der Waals surface area contributed by atoms with Gasteiger partial charge in [-0.1, -0.05) is 23.7 Å². The maximum Gasteiger partial charge on any atom is 0.335 e. The lowest BCUT2D eigenvalue weighted by Gasteiger charge is -2.31. The molecule has 2 aromatic heterocycles. The fraction of sp³-hybridized carbons (Fsp3) is 0.387. The van der Waals surface area contributed by atoms with Crippen LogP contribution in [0.5, 0.6) is 11.6 Å². The van der Waals surface area contributed by atoms with Crippen LogP contribution in [0.25, 0.3) is 11.0 Å². The second kappa shape index (κ2) is 11.5. The fourth-order valence-corrected chi connectivity index (χ4v) is 5.44. The molecule has 0 bridgehead atoms. The standard InChI is InChI=1S/C31H31ClF2N4O4/c1-37-25-13-21(30(39)40)14-26(42-18-31(34)9-10-31)29(25)36-27(37)16-38-11-7-19(8-12-38)24-3-2-4-28(35-24)41-17-20-5-6-22(32)15-23(20)33/h2-6,13-15,19H,7-12,16-18H2,1H3,(H,39,40). The second-order valence-corrected chi connectivity index (χ2v) is 11.6. The Bertz CT molecular complexity index is 1630. The van der Waals surface area contributed by atoms with E-state index in [4.69, 9.17) is 26.1 Å². The predicted molar refractivity (Wildman–Crippen MR) is 153 cm³/mol. The number of piperidine rings is 1. The first-order valence-corrected chi connectivity index (χ1v) is 14.4. The highest BCUT2D eigenvalue weighted by Crippen LogP contribution is 2.41. The van der Waals surface area contributed by atoms with Crippen molar-refractivity contribution in [3.05, 3.63) is 82.0 Å². The average molecular weight is 597 g/mol. The topological polar surface area (TPSA) is 89.7 Å². The van der Waals surface area contributed by atoms with Gasteiger partial charge in [-0.2, -0.15) is 0 Å². The van der Waals surface area contributed by atoms with Gasteiger partial charge in [-0.15, -0.1) is 0 Å². The van der Waals surface area contributed by atoms with E-state index in [1.165, 1.54) is 12.1 Å². The Morgan fingerprint density at radius 3 is 2.62 bits per heavy atom. The maximum atomic E-state index is 14.2. The number of benzene rings is 2. The Morgan fingerprint density at radius 2 is 1.90 bits per heavy atom. The van der Waals surface area contributed by atoms with Gasteiger partial charge in [-0.05, 0) is 69.1 Å². The number of alkyl halides is 1. The lowest BCUT2D eigenvalue weighted by molar-refractivity contribution is 0.0696. The van der Waals surface area contributed by atoms with E-state index in [2.05, 4.69) is 9.88 Å². The Morgan fingerprint density at radius 1 is 1.12 bits per heavy atom. The SMILES string of the molecule is Cn1c(CN2CCC(c3cccc(OCc4ccc(Cl)cc4F)n3)CC2)nc2c(OCC3(F)CC3)cc(C(=O)O)cc21. The molecule has 2 aliphatic rings. The zero-order chi connectivity index (χ0) is 29.4. The number of aromatic nitrogens is 3. The zero-order valence-corrected chi connectivity index (χ0v) is 23.9. The highest BCUT2D eigenvalue weighted by Gasteiger charge is 2.44. The number of imidazole rings is 1. The second-order valence-electron chi connectivity index (χ2n) is 11.1. The van der Waals surface area contributed by atoms with Gasteiger partial charge in [-0.25, -0.2) is 23.5 Å². The maximum absolute atomic E-state index is 14.2. The third kappa shape index (κ3) is 6.19. The van der Waals surface area contributed by atoms with Crippen LogP contribution in [-0.4, -0.2) is 55.9 Å². The van der Waals surface area contributed by atoms with E-state index in [0.29, 0.717) is 52.6 Å². The summed E-state index contributed by atoms with van der Waals surface area (Å²) in [4.78, 5) is 23.5. The summed E-state index contributed by atoms with van der Waals surface area (Å²) in [5.74, 6) is 0.285. The summed E-state index contributed by atoms with van der Waals surface area (Å²) >= 11 is 5.83. The molecule has 1 aliphatic heterocycles. The van der Waals surface area contributed by atoms with Crippen molar-refractivity contribution < 1.29 is 28.2 Å². The number of likely N-dealkylation sites (tertiary alicyclic amines) is 1. The van der Waals surface area contributed by atoms with E-state index in [1.54, 1.807) is 24.3 Å². The van der Waals surface area contributed by atoms with Crippen LogP contribution in [0.3, 0.4) is 0 Å². The van der Waals surface area contributed by atoms with Crippen LogP contribution < -0.4 is 9.47 Å². The van der Waals surface area contributed by atoms with Gasteiger partial charge in [0.25, 0.3) is 0 Å². The molecule has 0 atom stereocenters. The van der Waals surface area contributed by atoms with E-state index >= 15 is 0 Å². The normalized spacial score (nSPS) is 17.0. The zero-order valence-electron chi connectivity index (χ0n) is 23.2. The van der Waals surface area contributed by atoms with Crippen LogP contribution in [0.4, 0.5) is 8.78 Å². The smallest absolute Gasteiger partial charge is 0.335 e. The molecule has 1 saturated heterocycles. The number of carboxylic acids is 1. The summed E-state index contributed by atoms with van der Waals surface area (Å²) < 4.78 is 41.8. The molecule has 0 amide bonds. The molecule has 1 N–H and O–H groups in total. The number of aromatic carboxylic acids is 1. The Labute approximate surface area is 246 Å². The molecular formula is C31H31ClF2N4O4. The van der Waals surface area contributed by atoms with Gasteiger partial charge < -0.3 is 19.1 Å². The lowest BCUT2D eigenvalue weighted by atomic mass is 9.93. The minimum atomic E-state index is -1.33. The first-order chi connectivity index (χ1) is 20.2. The number of nitrogens with zero attached hydrogens (tertiary/aromatic N) is 4. The van der Waals surface area contributed by atoms with Crippen LogP contribution in [0, 0.1) is 5.82 Å². The van der Waals surface area contributed by atoms with Gasteiger partial charge in [0.05, 0.1) is 17.6 Å². The van der Waals surface area contributed by atoms with Crippen LogP contribution >= 0.6 is 11.6 Å². The number of hydrogen-bond acceptors (Lipinski definition) is 6. The van der Waals surface area contributed by atoms with E-state index in [1.807, 2.05) is 23.7 Å². The average Bonchev–Trinajstić information content (AvgIpc) is 3.64. The third-order valence-electron chi connectivity index (χ3n) is 8.08. The minimum absolute atomic E-state index is 0.0608. The highest BCUT2D eigenvalue weighted by molar-refractivity contribution is 6.30. The first kappa shape index (κ1) is 28.4. The number of ether oxygens (including phenoxy) is 2. The molecule has 220 valence electrons. The van der Waals surface area contributed by atoms with Crippen molar-refractivity contribution in [1.29, 1.82) is 0 Å². The van der Waals surface area contributed by atoms with Gasteiger partial charge in [0.15, 0.2) is 0 Å². The van der Waals surface area contributed by atoms with Crippen LogP contribution in [0.15, 0.2) is 48.5 Å². The van der Waals surface area contributed by atoms with Crippen molar-refractivity contribution >= 4 is 28.6 Å². The number of pyridine rings is 1. The summed E-state index contributed by atoms with van der Waals surface area (Å²) in [6, 6.07) is 13.2. The van der Waals surface area contributed by atoms with Crippen molar-refractivity contribution in [3.8, 4) is 11.6 Å². The van der Waals surface area contributed by atoms with Crippen molar-refractivity contribution in [2.24, 2.45) is 7.05 Å². The predicted octanol–water partition coefficient (Wildman–Crippen LogP) is 6.30. The summed E-state index contributed by atoms with van der Waals surface area (Å²) in [6.45, 7) is 2.18. The van der Waals surface area contributed by atoms with E-state index in [-0.39, 0.29) is 24.7 Å². The summed E-state index contributed by atoms with van der Waals surface area (Å²) in [6.07, 6.45) is 2.69. The van der Waals surface area contributed by atoms with E-state index < -0.39 is 17.5 Å². The monoisotopic (exact) mass is 596 g/mol. The molecule has 0 unspecified atom stereocenters. The largest absolute Gasteiger partial charge is 0.488 e. The third-order valence-corrected chi connectivity index (χ3v) is 8.31. The van der Waals surface area contributed by atoms with Crippen LogP contribution in [0.1, 0.15) is 59.0 Å². The number of carboxylic acid groups (broad SMARTS) is 1. The summed E-state index contributed by atoms with van der Waals surface area (Å²) in [5, 5.41) is 9.94. The molecule has 1 aliphatic carbocycles. The molecule has 0 radical (unpaired) electrons. The quantitative estimate of drug-likeness (QED) is 0.230. The van der Waals surface area contributed by atoms with Crippen molar-refractivity contribution in [2.45, 2.75) is 50.4 Å². The number of carbonyl (C=O) groups is 1. The molecular weight excluding hydrogens is 566 g/mol. The van der Waals surface area contributed by atoms with Gasteiger partial charge in [0.1, 0.15) is 41.8 Å². The van der Waals surface area contributed by atoms with Crippen LogP contribution in [0.2, 0.25) is 5.02 Å². The number of rotatable bonds is 10. The fourth-order valence-electron chi connectivity index (χ4n) is 5.28. The molecule has 4 aromatic rings. The molecule has 6 rings (SSSR count). The minimum Gasteiger partial charge on any atom is -0.488 e. The first-order valence-electron chi connectivity index (χ1n) is 14.0. The number of fused-ring (bicyclic) bond motifs is 1. The molecule has 1 saturated carbocycles. The molecule has 3 heterocycles.